The van der Waals surface area contributed by atoms with Crippen molar-refractivity contribution < 1.29 is 12.9 Å². The van der Waals surface area contributed by atoms with Gasteiger partial charge in [-0.05, 0) is 19.5 Å². The summed E-state index contributed by atoms with van der Waals surface area (Å²) in [5.41, 5.74) is 0.958. The van der Waals surface area contributed by atoms with Crippen molar-refractivity contribution >= 4 is 21.1 Å². The fraction of sp³-hybridized carbons (Fsp3) is 0.438. The molecular formula is C16H20N6O3S. The number of rotatable bonds is 4. The smallest absolute Gasteiger partial charge is 0.257 e. The second kappa shape index (κ2) is 6.45. The third-order valence-corrected chi connectivity index (χ3v) is 6.65. The summed E-state index contributed by atoms with van der Waals surface area (Å²) in [5.74, 6) is 0.773. The molecule has 1 fully saturated rings. The Balaban J connectivity index is 1.67. The van der Waals surface area contributed by atoms with E-state index in [0.717, 1.165) is 12.4 Å². The highest BCUT2D eigenvalue weighted by atomic mass is 32.2. The third-order valence-electron chi connectivity index (χ3n) is 4.82. The number of likely N-dealkylation sites (N-methyl/N-ethyl adjacent to an activating group) is 1. The Bertz CT molecular complexity index is 1010. The van der Waals surface area contributed by atoms with Crippen molar-refractivity contribution in [1.82, 2.24) is 29.3 Å². The van der Waals surface area contributed by atoms with Gasteiger partial charge in [-0.3, -0.25) is 4.90 Å². The molecule has 4 heterocycles. The molecule has 9 nitrogen and oxygen atoms in total. The Morgan fingerprint density at radius 2 is 2.19 bits per heavy atom. The first-order chi connectivity index (χ1) is 12.5. The molecule has 26 heavy (non-hydrogen) atoms. The summed E-state index contributed by atoms with van der Waals surface area (Å²) < 4.78 is 32.9. The largest absolute Gasteiger partial charge is 0.347 e. The second-order valence-electron chi connectivity index (χ2n) is 6.27. The molecule has 0 radical (unpaired) electrons. The van der Waals surface area contributed by atoms with Crippen molar-refractivity contribution in [1.29, 1.82) is 0 Å². The second-order valence-corrected chi connectivity index (χ2v) is 8.21. The van der Waals surface area contributed by atoms with Crippen LogP contribution in [-0.2, 0) is 10.0 Å². The van der Waals surface area contributed by atoms with Crippen LogP contribution in [0.5, 0.6) is 0 Å². The van der Waals surface area contributed by atoms with Crippen molar-refractivity contribution in [3.63, 3.8) is 0 Å². The van der Waals surface area contributed by atoms with E-state index in [9.17, 15) is 8.42 Å². The Hall–Kier alpha value is -2.30. The van der Waals surface area contributed by atoms with E-state index in [4.69, 9.17) is 4.52 Å². The van der Waals surface area contributed by atoms with Crippen LogP contribution in [0.3, 0.4) is 0 Å². The Morgan fingerprint density at radius 3 is 2.92 bits per heavy atom. The van der Waals surface area contributed by atoms with E-state index in [1.54, 1.807) is 25.4 Å². The van der Waals surface area contributed by atoms with E-state index in [0.29, 0.717) is 36.4 Å². The molecule has 1 saturated heterocycles. The Labute approximate surface area is 151 Å². The molecule has 3 aromatic rings. The van der Waals surface area contributed by atoms with Gasteiger partial charge in [0, 0.05) is 32.0 Å². The molecule has 0 aliphatic carbocycles. The first-order valence-electron chi connectivity index (χ1n) is 8.46. The van der Waals surface area contributed by atoms with Gasteiger partial charge >= 0.3 is 0 Å². The first-order valence-corrected chi connectivity index (χ1v) is 9.90. The van der Waals surface area contributed by atoms with Crippen LogP contribution in [0, 0.1) is 6.92 Å². The average molecular weight is 376 g/mol. The Kier molecular flexibility index (Phi) is 4.25. The number of nitrogens with one attached hydrogen (secondary N) is 1. The molecule has 0 saturated carbocycles. The van der Waals surface area contributed by atoms with E-state index >= 15 is 0 Å². The van der Waals surface area contributed by atoms with Crippen LogP contribution in [0.2, 0.25) is 0 Å². The maximum Gasteiger partial charge on any atom is 0.257 e. The molecule has 1 unspecified atom stereocenters. The molecule has 1 aliphatic rings. The maximum atomic E-state index is 13.2. The number of hydrogen-bond donors (Lipinski definition) is 1. The average Bonchev–Trinajstić information content (AvgIpc) is 3.31. The number of pyridine rings is 1. The topological polar surface area (TPSA) is 108 Å². The highest BCUT2D eigenvalue weighted by molar-refractivity contribution is 7.89. The first kappa shape index (κ1) is 17.1. The molecule has 10 heteroatoms. The van der Waals surface area contributed by atoms with Crippen LogP contribution in [0.15, 0.2) is 34.1 Å². The van der Waals surface area contributed by atoms with Gasteiger partial charge in [0.1, 0.15) is 10.7 Å². The predicted molar refractivity (Wildman–Crippen MR) is 93.9 cm³/mol. The fourth-order valence-electron chi connectivity index (χ4n) is 3.33. The highest BCUT2D eigenvalue weighted by Gasteiger charge is 2.35. The molecule has 0 aromatic carbocycles. The molecule has 138 valence electrons. The summed E-state index contributed by atoms with van der Waals surface area (Å²) in [5, 5.41) is 4.45. The zero-order valence-corrected chi connectivity index (χ0v) is 15.4. The SMILES string of the molecule is CCN1CCN(S(=O)(=O)c2cnc3onc(C)c3c2)CC1c1ncc[nH]1. The van der Waals surface area contributed by atoms with Crippen molar-refractivity contribution in [2.24, 2.45) is 0 Å². The van der Waals surface area contributed by atoms with Crippen LogP contribution in [0.1, 0.15) is 24.5 Å². The van der Waals surface area contributed by atoms with E-state index in [2.05, 4.69) is 31.9 Å². The van der Waals surface area contributed by atoms with Crippen LogP contribution < -0.4 is 0 Å². The minimum Gasteiger partial charge on any atom is -0.347 e. The molecule has 1 N–H and O–H groups in total. The Morgan fingerprint density at radius 1 is 1.35 bits per heavy atom. The third kappa shape index (κ3) is 2.79. The number of H-pyrrole nitrogens is 1. The number of hydrogen-bond acceptors (Lipinski definition) is 7. The molecule has 3 aromatic heterocycles. The van der Waals surface area contributed by atoms with E-state index in [1.807, 2.05) is 0 Å². The number of aryl methyl sites for hydroxylation is 1. The minimum atomic E-state index is -3.67. The fourth-order valence-corrected chi connectivity index (χ4v) is 4.74. The molecule has 0 spiro atoms. The summed E-state index contributed by atoms with van der Waals surface area (Å²) >= 11 is 0. The lowest BCUT2D eigenvalue weighted by atomic mass is 10.2. The number of imidazole rings is 1. The van der Waals surface area contributed by atoms with E-state index in [1.165, 1.54) is 10.5 Å². The van der Waals surface area contributed by atoms with E-state index < -0.39 is 10.0 Å². The number of sulfonamides is 1. The van der Waals surface area contributed by atoms with Crippen molar-refractivity contribution in [2.75, 3.05) is 26.2 Å². The summed E-state index contributed by atoms with van der Waals surface area (Å²) in [6, 6.07) is 1.48. The number of nitrogens with zero attached hydrogens (tertiary/aromatic N) is 5. The standard InChI is InChI=1S/C16H20N6O3S/c1-3-21-6-7-22(10-14(21)15-17-4-5-18-15)26(23,24)12-8-13-11(2)20-25-16(13)19-9-12/h4-5,8-9,14H,3,6-7,10H2,1-2H3,(H,17,18). The lowest BCUT2D eigenvalue weighted by Crippen LogP contribution is -2.50. The van der Waals surface area contributed by atoms with Gasteiger partial charge in [-0.2, -0.15) is 4.31 Å². The zero-order chi connectivity index (χ0) is 18.3. The van der Waals surface area contributed by atoms with Crippen LogP contribution in [-0.4, -0.2) is 63.9 Å². The summed E-state index contributed by atoms with van der Waals surface area (Å²) in [6.07, 6.45) is 4.77. The van der Waals surface area contributed by atoms with Crippen molar-refractivity contribution in [3.05, 3.63) is 36.2 Å². The van der Waals surface area contributed by atoms with Gasteiger partial charge in [0.05, 0.1) is 23.3 Å². The molecule has 1 aliphatic heterocycles. The van der Waals surface area contributed by atoms with Crippen molar-refractivity contribution in [3.8, 4) is 0 Å². The van der Waals surface area contributed by atoms with Gasteiger partial charge in [-0.15, -0.1) is 0 Å². The van der Waals surface area contributed by atoms with Gasteiger partial charge in [-0.25, -0.2) is 18.4 Å². The van der Waals surface area contributed by atoms with Crippen molar-refractivity contribution in [2.45, 2.75) is 24.8 Å². The van der Waals surface area contributed by atoms with Gasteiger partial charge in [-0.1, -0.05) is 12.1 Å². The van der Waals surface area contributed by atoms with Gasteiger partial charge in [0.2, 0.25) is 10.0 Å². The lowest BCUT2D eigenvalue weighted by Gasteiger charge is -2.39. The maximum absolute atomic E-state index is 13.2. The zero-order valence-electron chi connectivity index (χ0n) is 14.6. The molecular weight excluding hydrogens is 356 g/mol. The number of fused-ring (bicyclic) bond motifs is 1. The summed E-state index contributed by atoms with van der Waals surface area (Å²) in [6.45, 7) is 6.05. The van der Waals surface area contributed by atoms with Crippen LogP contribution in [0.4, 0.5) is 0 Å². The molecule has 4 rings (SSSR count). The molecule has 1 atom stereocenters. The van der Waals surface area contributed by atoms with Gasteiger partial charge in [0.15, 0.2) is 0 Å². The highest BCUT2D eigenvalue weighted by Crippen LogP contribution is 2.28. The van der Waals surface area contributed by atoms with E-state index in [-0.39, 0.29) is 10.9 Å². The molecule has 0 amide bonds. The van der Waals surface area contributed by atoms with Gasteiger partial charge in [0.25, 0.3) is 5.71 Å². The van der Waals surface area contributed by atoms with Gasteiger partial charge < -0.3 is 9.51 Å². The number of aromatic nitrogens is 4. The van der Waals surface area contributed by atoms with Crippen LogP contribution >= 0.6 is 0 Å². The lowest BCUT2D eigenvalue weighted by molar-refractivity contribution is 0.119. The summed E-state index contributed by atoms with van der Waals surface area (Å²) in [4.78, 5) is 13.9. The summed E-state index contributed by atoms with van der Waals surface area (Å²) in [7, 11) is -3.67. The monoisotopic (exact) mass is 376 g/mol. The number of piperazine rings is 1. The quantitative estimate of drug-likeness (QED) is 0.731. The normalized spacial score (nSPS) is 20.0. The minimum absolute atomic E-state index is 0.104. The molecule has 0 bridgehead atoms. The predicted octanol–water partition coefficient (Wildman–Crippen LogP) is 1.32. The number of aromatic amines is 1. The van der Waals surface area contributed by atoms with Crippen LogP contribution in [0.25, 0.3) is 11.1 Å².